The van der Waals surface area contributed by atoms with E-state index in [1.165, 1.54) is 0 Å². The summed E-state index contributed by atoms with van der Waals surface area (Å²) in [6.45, 7) is 6.78. The number of nitrogens with zero attached hydrogens (tertiary/aromatic N) is 3. The van der Waals surface area contributed by atoms with Gasteiger partial charge in [-0.2, -0.15) is 0 Å². The van der Waals surface area contributed by atoms with Gasteiger partial charge in [0.2, 0.25) is 0 Å². The van der Waals surface area contributed by atoms with Crippen molar-refractivity contribution in [1.82, 2.24) is 15.1 Å². The minimum Gasteiger partial charge on any atom is -0.350 e. The average Bonchev–Trinajstić information content (AvgIpc) is 2.70. The number of fused-ring (bicyclic) bond motifs is 1. The first-order valence-corrected chi connectivity index (χ1v) is 11.1. The van der Waals surface area contributed by atoms with Crippen molar-refractivity contribution in [3.05, 3.63) is 59.8 Å². The fraction of sp³-hybridized carbons (Fsp3) is 0.400. The third-order valence-corrected chi connectivity index (χ3v) is 6.14. The Balaban J connectivity index is 1.70. The smallest absolute Gasteiger partial charge is 0.256 e. The van der Waals surface area contributed by atoms with Gasteiger partial charge in [-0.25, -0.2) is 8.42 Å². The first-order valence-electron chi connectivity index (χ1n) is 9.50. The number of rotatable bonds is 7. The first-order chi connectivity index (χ1) is 13.4. The predicted octanol–water partition coefficient (Wildman–Crippen LogP) is 1.68. The summed E-state index contributed by atoms with van der Waals surface area (Å²) in [6, 6.07) is 10.2. The zero-order chi connectivity index (χ0) is 20.1. The van der Waals surface area contributed by atoms with Gasteiger partial charge in [0.05, 0.1) is 17.4 Å². The zero-order valence-corrected chi connectivity index (χ0v) is 17.0. The molecule has 1 amide bonds. The maximum Gasteiger partial charge on any atom is 0.256 e. The number of hydrogen-bond acceptors (Lipinski definition) is 5. The van der Waals surface area contributed by atoms with E-state index >= 15 is 0 Å². The van der Waals surface area contributed by atoms with Crippen molar-refractivity contribution in [1.29, 1.82) is 0 Å². The predicted molar refractivity (Wildman–Crippen MR) is 110 cm³/mol. The van der Waals surface area contributed by atoms with Gasteiger partial charge in [0.15, 0.2) is 0 Å². The van der Waals surface area contributed by atoms with Crippen LogP contribution in [0.15, 0.2) is 58.7 Å². The number of amidine groups is 1. The fourth-order valence-electron chi connectivity index (χ4n) is 3.42. The van der Waals surface area contributed by atoms with Gasteiger partial charge in [0.1, 0.15) is 5.84 Å². The van der Waals surface area contributed by atoms with Crippen molar-refractivity contribution in [3.8, 4) is 0 Å². The van der Waals surface area contributed by atoms with Gasteiger partial charge in [0.25, 0.3) is 15.9 Å². The van der Waals surface area contributed by atoms with Gasteiger partial charge in [-0.3, -0.25) is 9.69 Å². The molecule has 1 aromatic carbocycles. The summed E-state index contributed by atoms with van der Waals surface area (Å²) in [5.74, 6) is 0.123. The Kier molecular flexibility index (Phi) is 6.31. The summed E-state index contributed by atoms with van der Waals surface area (Å²) in [7, 11) is -3.40. The number of likely N-dealkylation sites (N-methyl/N-ethyl adjacent to an activating group) is 1. The zero-order valence-electron chi connectivity index (χ0n) is 16.2. The summed E-state index contributed by atoms with van der Waals surface area (Å²) in [6.07, 6.45) is 4.85. The Morgan fingerprint density at radius 1 is 1.21 bits per heavy atom. The van der Waals surface area contributed by atoms with Crippen molar-refractivity contribution in [2.45, 2.75) is 19.9 Å². The number of carbonyl (C=O) groups is 1. The van der Waals surface area contributed by atoms with Crippen LogP contribution in [-0.2, 0) is 14.8 Å². The van der Waals surface area contributed by atoms with E-state index in [9.17, 15) is 13.2 Å². The topological polar surface area (TPSA) is 82.1 Å². The van der Waals surface area contributed by atoms with E-state index in [0.29, 0.717) is 24.5 Å². The van der Waals surface area contributed by atoms with Crippen LogP contribution in [0.5, 0.6) is 0 Å². The minimum atomic E-state index is -3.40. The Morgan fingerprint density at radius 3 is 2.61 bits per heavy atom. The number of nitrogens with one attached hydrogen (secondary N) is 1. The minimum absolute atomic E-state index is 0.0478. The highest BCUT2D eigenvalue weighted by atomic mass is 32.2. The van der Waals surface area contributed by atoms with Crippen LogP contribution >= 0.6 is 0 Å². The number of benzene rings is 1. The van der Waals surface area contributed by atoms with Gasteiger partial charge in [-0.15, -0.1) is 4.40 Å². The molecule has 0 bridgehead atoms. The Morgan fingerprint density at radius 2 is 1.93 bits per heavy atom. The van der Waals surface area contributed by atoms with Crippen molar-refractivity contribution < 1.29 is 13.2 Å². The summed E-state index contributed by atoms with van der Waals surface area (Å²) in [5.41, 5.74) is 1.65. The van der Waals surface area contributed by atoms with Crippen molar-refractivity contribution in [2.24, 2.45) is 4.40 Å². The molecule has 1 N–H and O–H groups in total. The first kappa shape index (κ1) is 20.3. The van der Waals surface area contributed by atoms with Crippen molar-refractivity contribution in [2.75, 3.05) is 31.9 Å². The Hall–Kier alpha value is -2.45. The van der Waals surface area contributed by atoms with E-state index in [4.69, 9.17) is 0 Å². The second-order valence-electron chi connectivity index (χ2n) is 6.70. The third kappa shape index (κ3) is 4.69. The second kappa shape index (κ2) is 8.70. The molecule has 2 aliphatic rings. The number of sulfonamides is 1. The lowest BCUT2D eigenvalue weighted by Crippen LogP contribution is -2.40. The van der Waals surface area contributed by atoms with Crippen LogP contribution in [0, 0.1) is 0 Å². The maximum absolute atomic E-state index is 12.7. The highest BCUT2D eigenvalue weighted by molar-refractivity contribution is 7.90. The van der Waals surface area contributed by atoms with E-state index in [2.05, 4.69) is 40.6 Å². The molecule has 2 aliphatic heterocycles. The van der Waals surface area contributed by atoms with Crippen LogP contribution in [0.4, 0.5) is 0 Å². The molecular formula is C20H26N4O3S. The maximum atomic E-state index is 12.7. The molecule has 3 rings (SSSR count). The molecule has 0 aliphatic carbocycles. The van der Waals surface area contributed by atoms with Crippen LogP contribution in [0.3, 0.4) is 0 Å². The Bertz CT molecular complexity index is 903. The highest BCUT2D eigenvalue weighted by Crippen LogP contribution is 2.20. The number of hydrogen-bond donors (Lipinski definition) is 1. The SMILES string of the molecule is CCN(CC)C(CNC(=O)C1=CN2CCS(=O)(=O)N=C2C=C1)c1ccccc1. The lowest BCUT2D eigenvalue weighted by molar-refractivity contribution is -0.117. The molecule has 1 aromatic rings. The lowest BCUT2D eigenvalue weighted by atomic mass is 10.0. The largest absolute Gasteiger partial charge is 0.350 e. The monoisotopic (exact) mass is 402 g/mol. The molecule has 0 saturated carbocycles. The molecular weight excluding hydrogens is 376 g/mol. The molecule has 7 nitrogen and oxygen atoms in total. The lowest BCUT2D eigenvalue weighted by Gasteiger charge is -2.31. The number of carbonyl (C=O) groups excluding carboxylic acids is 1. The van der Waals surface area contributed by atoms with Crippen molar-refractivity contribution in [3.63, 3.8) is 0 Å². The van der Waals surface area contributed by atoms with Crippen LogP contribution in [0.1, 0.15) is 25.5 Å². The van der Waals surface area contributed by atoms with Gasteiger partial charge in [0, 0.05) is 19.3 Å². The molecule has 8 heteroatoms. The van der Waals surface area contributed by atoms with Crippen LogP contribution < -0.4 is 5.32 Å². The molecule has 28 heavy (non-hydrogen) atoms. The molecule has 1 unspecified atom stereocenters. The molecule has 0 aromatic heterocycles. The third-order valence-electron chi connectivity index (χ3n) is 4.98. The molecule has 0 fully saturated rings. The number of amides is 1. The molecule has 150 valence electrons. The highest BCUT2D eigenvalue weighted by Gasteiger charge is 2.25. The van der Waals surface area contributed by atoms with E-state index in [0.717, 1.165) is 18.7 Å². The standard InChI is InChI=1S/C20H26N4O3S/c1-3-23(4-2)18(16-8-6-5-7-9-16)14-21-20(25)17-10-11-19-22-28(26,27)13-12-24(19)15-17/h5-11,15,18H,3-4,12-14H2,1-2H3,(H,21,25). The van der Waals surface area contributed by atoms with Gasteiger partial charge >= 0.3 is 0 Å². The molecule has 1 atom stereocenters. The van der Waals surface area contributed by atoms with E-state index in [1.54, 1.807) is 23.3 Å². The molecule has 2 heterocycles. The average molecular weight is 403 g/mol. The summed E-state index contributed by atoms with van der Waals surface area (Å²) in [4.78, 5) is 16.7. The second-order valence-corrected chi connectivity index (χ2v) is 8.46. The van der Waals surface area contributed by atoms with Gasteiger partial charge < -0.3 is 10.2 Å². The van der Waals surface area contributed by atoms with Gasteiger partial charge in [-0.1, -0.05) is 44.2 Å². The Labute approximate surface area is 166 Å². The normalized spacial score (nSPS) is 18.9. The van der Waals surface area contributed by atoms with E-state index in [-0.39, 0.29) is 17.7 Å². The summed E-state index contributed by atoms with van der Waals surface area (Å²) < 4.78 is 26.9. The quantitative estimate of drug-likeness (QED) is 0.750. The molecule has 0 radical (unpaired) electrons. The summed E-state index contributed by atoms with van der Waals surface area (Å²) in [5, 5.41) is 3.03. The molecule has 0 spiro atoms. The van der Waals surface area contributed by atoms with Crippen molar-refractivity contribution >= 4 is 21.8 Å². The summed E-state index contributed by atoms with van der Waals surface area (Å²) >= 11 is 0. The van der Waals surface area contributed by atoms with E-state index in [1.807, 2.05) is 18.2 Å². The van der Waals surface area contributed by atoms with Crippen LogP contribution in [-0.4, -0.2) is 61.9 Å². The van der Waals surface area contributed by atoms with E-state index < -0.39 is 10.0 Å². The fourth-order valence-corrected chi connectivity index (χ4v) is 4.39. The van der Waals surface area contributed by atoms with Gasteiger partial charge in [-0.05, 0) is 30.8 Å². The van der Waals surface area contributed by atoms with Crippen LogP contribution in [0.2, 0.25) is 0 Å². The molecule has 0 saturated heterocycles. The van der Waals surface area contributed by atoms with Crippen LogP contribution in [0.25, 0.3) is 0 Å².